The van der Waals surface area contributed by atoms with Crippen LogP contribution in [0.1, 0.15) is 18.4 Å². The Kier molecular flexibility index (Phi) is 5.58. The van der Waals surface area contributed by atoms with Crippen LogP contribution in [0.5, 0.6) is 5.88 Å². The number of nitriles is 1. The van der Waals surface area contributed by atoms with Crippen molar-refractivity contribution in [1.82, 2.24) is 9.97 Å². The van der Waals surface area contributed by atoms with Gasteiger partial charge in [-0.05, 0) is 31.0 Å². The van der Waals surface area contributed by atoms with Crippen molar-refractivity contribution in [1.29, 1.82) is 5.26 Å². The van der Waals surface area contributed by atoms with E-state index >= 15 is 0 Å². The topological polar surface area (TPSA) is 104 Å². The van der Waals surface area contributed by atoms with Crippen LogP contribution in [0.25, 0.3) is 22.3 Å². The highest BCUT2D eigenvalue weighted by atomic mass is 35.5. The molecule has 2 saturated heterocycles. The van der Waals surface area contributed by atoms with Crippen LogP contribution in [-0.4, -0.2) is 66.3 Å². The molecule has 8 nitrogen and oxygen atoms in total. The molecule has 1 aliphatic carbocycles. The van der Waals surface area contributed by atoms with Crippen LogP contribution >= 0.6 is 11.6 Å². The summed E-state index contributed by atoms with van der Waals surface area (Å²) in [4.78, 5) is 10.2. The molecule has 3 aliphatic rings. The Morgan fingerprint density at radius 3 is 2.76 bits per heavy atom. The average Bonchev–Trinajstić information content (AvgIpc) is 3.54. The number of H-pyrrole nitrogens is 1. The fraction of sp³-hybridized carbons (Fsp3) is 0.440. The van der Waals surface area contributed by atoms with Crippen LogP contribution in [-0.2, 0) is 9.47 Å². The minimum Gasteiger partial charge on any atom is -0.472 e. The van der Waals surface area contributed by atoms with Crippen molar-refractivity contribution in [2.45, 2.75) is 31.2 Å². The number of nitrogens with zero attached hydrogens (tertiary/aromatic N) is 3. The Morgan fingerprint density at radius 2 is 2.00 bits per heavy atom. The molecule has 0 amide bonds. The maximum atomic E-state index is 10.1. The molecule has 1 saturated carbocycles. The van der Waals surface area contributed by atoms with E-state index in [0.29, 0.717) is 39.8 Å². The number of pyridine rings is 1. The van der Waals surface area contributed by atoms with Crippen molar-refractivity contribution in [3.8, 4) is 23.2 Å². The summed E-state index contributed by atoms with van der Waals surface area (Å²) in [6.07, 6.45) is 0.777. The molecular formula is C25H25ClN4O4. The third-order valence-electron chi connectivity index (χ3n) is 7.11. The van der Waals surface area contributed by atoms with Gasteiger partial charge >= 0.3 is 0 Å². The van der Waals surface area contributed by atoms with Crippen molar-refractivity contribution in [3.05, 3.63) is 40.9 Å². The molecule has 1 unspecified atom stereocenters. The Bertz CT molecular complexity index is 1250. The summed E-state index contributed by atoms with van der Waals surface area (Å²) in [6, 6.07) is 12.2. The molecule has 2 aromatic heterocycles. The van der Waals surface area contributed by atoms with Gasteiger partial charge in [-0.15, -0.1) is 0 Å². The number of morpholine rings is 1. The van der Waals surface area contributed by atoms with Gasteiger partial charge in [0.1, 0.15) is 23.3 Å². The predicted molar refractivity (Wildman–Crippen MR) is 127 cm³/mol. The third kappa shape index (κ3) is 3.69. The quantitative estimate of drug-likeness (QED) is 0.589. The van der Waals surface area contributed by atoms with E-state index in [2.05, 4.69) is 28.1 Å². The molecule has 0 spiro atoms. The summed E-state index contributed by atoms with van der Waals surface area (Å²) in [5.41, 5.74) is 4.15. The smallest absolute Gasteiger partial charge is 0.212 e. The normalized spacial score (nSPS) is 26.6. The summed E-state index contributed by atoms with van der Waals surface area (Å²) in [7, 11) is 0. The van der Waals surface area contributed by atoms with Gasteiger partial charge in [0, 0.05) is 30.3 Å². The maximum absolute atomic E-state index is 10.1. The second-order valence-electron chi connectivity index (χ2n) is 9.06. The van der Waals surface area contributed by atoms with E-state index in [0.717, 1.165) is 50.4 Å². The van der Waals surface area contributed by atoms with Gasteiger partial charge in [0.2, 0.25) is 5.88 Å². The lowest BCUT2D eigenvalue weighted by Crippen LogP contribution is -2.36. The first-order valence-electron chi connectivity index (χ1n) is 11.6. The number of aromatic nitrogens is 2. The van der Waals surface area contributed by atoms with Crippen LogP contribution in [0.3, 0.4) is 0 Å². The molecule has 3 aromatic rings. The molecule has 9 heteroatoms. The molecule has 176 valence electrons. The number of aliphatic hydroxyl groups excluding tert-OH is 1. The molecule has 2 N–H and O–H groups in total. The van der Waals surface area contributed by atoms with Crippen molar-refractivity contribution < 1.29 is 19.3 Å². The first-order valence-corrected chi connectivity index (χ1v) is 12.0. The van der Waals surface area contributed by atoms with Crippen molar-refractivity contribution in [2.24, 2.45) is 5.92 Å². The first kappa shape index (κ1) is 21.7. The Hall–Kier alpha value is -2.83. The van der Waals surface area contributed by atoms with Gasteiger partial charge in [0.25, 0.3) is 0 Å². The van der Waals surface area contributed by atoms with Gasteiger partial charge in [-0.2, -0.15) is 5.26 Å². The van der Waals surface area contributed by atoms with Gasteiger partial charge in [-0.3, -0.25) is 0 Å². The summed E-state index contributed by atoms with van der Waals surface area (Å²) in [5, 5.41) is 20.5. The van der Waals surface area contributed by atoms with E-state index in [9.17, 15) is 10.4 Å². The number of hydrogen-bond acceptors (Lipinski definition) is 7. The molecule has 34 heavy (non-hydrogen) atoms. The molecule has 4 heterocycles. The van der Waals surface area contributed by atoms with E-state index in [-0.39, 0.29) is 18.1 Å². The molecule has 3 fully saturated rings. The SMILES string of the molecule is N#Cc1c(O[C@@H]2CCC3[C@H](O)CO[C@@H]32)[nH]c2cc(Cl)c(-c3ccc(N4CCOCC4)cc3)nc12. The Labute approximate surface area is 202 Å². The number of benzene rings is 1. The van der Waals surface area contributed by atoms with Crippen LogP contribution in [0.15, 0.2) is 30.3 Å². The average molecular weight is 481 g/mol. The number of nitrogens with one attached hydrogen (secondary N) is 1. The molecular weight excluding hydrogens is 456 g/mol. The number of hydrogen-bond donors (Lipinski definition) is 2. The zero-order valence-electron chi connectivity index (χ0n) is 18.5. The number of rotatable bonds is 4. The highest BCUT2D eigenvalue weighted by Gasteiger charge is 2.47. The zero-order valence-corrected chi connectivity index (χ0v) is 19.3. The lowest BCUT2D eigenvalue weighted by atomic mass is 10.0. The number of fused-ring (bicyclic) bond motifs is 2. The molecule has 4 atom stereocenters. The molecule has 0 bridgehead atoms. The molecule has 2 aliphatic heterocycles. The third-order valence-corrected chi connectivity index (χ3v) is 7.40. The van der Waals surface area contributed by atoms with Crippen molar-refractivity contribution in [2.75, 3.05) is 37.8 Å². The van der Waals surface area contributed by atoms with Gasteiger partial charge in [-0.1, -0.05) is 23.7 Å². The van der Waals surface area contributed by atoms with Crippen molar-refractivity contribution in [3.63, 3.8) is 0 Å². The van der Waals surface area contributed by atoms with Crippen LogP contribution < -0.4 is 9.64 Å². The van der Waals surface area contributed by atoms with Crippen LogP contribution in [0.2, 0.25) is 5.02 Å². The monoisotopic (exact) mass is 480 g/mol. The summed E-state index contributed by atoms with van der Waals surface area (Å²) < 4.78 is 17.4. The zero-order chi connectivity index (χ0) is 23.2. The number of aliphatic hydroxyl groups is 1. The minimum absolute atomic E-state index is 0.0829. The standard InChI is InChI=1S/C25H25ClN4O4/c26-18-11-19-23(29-22(18)14-1-3-15(4-2-14)30-7-9-32-10-8-30)17(12-27)25(28-19)34-21-6-5-16-20(31)13-33-24(16)21/h1-4,11,16,20-21,24,28,31H,5-10,13H2/t16?,20-,21-,24+/m1/s1. The minimum atomic E-state index is -0.450. The van der Waals surface area contributed by atoms with Crippen molar-refractivity contribution >= 4 is 28.3 Å². The summed E-state index contributed by atoms with van der Waals surface area (Å²) in [6.45, 7) is 3.53. The highest BCUT2D eigenvalue weighted by Crippen LogP contribution is 2.40. The second kappa shape index (κ2) is 8.75. The maximum Gasteiger partial charge on any atom is 0.212 e. The van der Waals surface area contributed by atoms with Gasteiger partial charge in [0.05, 0.1) is 48.3 Å². The van der Waals surface area contributed by atoms with E-state index in [1.54, 1.807) is 6.07 Å². The van der Waals surface area contributed by atoms with Gasteiger partial charge < -0.3 is 29.2 Å². The first-order chi connectivity index (χ1) is 16.6. The van der Waals surface area contributed by atoms with E-state index in [1.807, 2.05) is 12.1 Å². The molecule has 6 rings (SSSR count). The predicted octanol–water partition coefficient (Wildman–Crippen LogP) is 3.51. The van der Waals surface area contributed by atoms with Crippen LogP contribution in [0, 0.1) is 17.2 Å². The van der Waals surface area contributed by atoms with Gasteiger partial charge in [0.15, 0.2) is 0 Å². The number of anilines is 1. The lowest BCUT2D eigenvalue weighted by Gasteiger charge is -2.28. The van der Waals surface area contributed by atoms with E-state index < -0.39 is 6.10 Å². The molecule has 1 aromatic carbocycles. The Morgan fingerprint density at radius 1 is 1.21 bits per heavy atom. The fourth-order valence-electron chi connectivity index (χ4n) is 5.33. The fourth-order valence-corrected chi connectivity index (χ4v) is 5.59. The highest BCUT2D eigenvalue weighted by molar-refractivity contribution is 6.33. The van der Waals surface area contributed by atoms with E-state index in [1.165, 1.54) is 0 Å². The lowest BCUT2D eigenvalue weighted by molar-refractivity contribution is 0.0153. The number of aromatic amines is 1. The Balaban J connectivity index is 1.30. The summed E-state index contributed by atoms with van der Waals surface area (Å²) >= 11 is 6.61. The van der Waals surface area contributed by atoms with Gasteiger partial charge in [-0.25, -0.2) is 4.98 Å². The number of halogens is 1. The largest absolute Gasteiger partial charge is 0.472 e. The van der Waals surface area contributed by atoms with E-state index in [4.69, 9.17) is 30.8 Å². The summed E-state index contributed by atoms with van der Waals surface area (Å²) in [5.74, 6) is 0.455. The van der Waals surface area contributed by atoms with Crippen LogP contribution in [0.4, 0.5) is 5.69 Å². The number of ether oxygens (including phenoxy) is 3. The molecule has 0 radical (unpaired) electrons. The second-order valence-corrected chi connectivity index (χ2v) is 9.47.